The number of amides is 2. The van der Waals surface area contributed by atoms with E-state index in [1.807, 2.05) is 0 Å². The monoisotopic (exact) mass is 185 g/mol. The normalized spacial score (nSPS) is 24.1. The van der Waals surface area contributed by atoms with Gasteiger partial charge in [0.05, 0.1) is 0 Å². The molecule has 5 nitrogen and oxygen atoms in total. The lowest BCUT2D eigenvalue weighted by atomic mass is 10.1. The van der Waals surface area contributed by atoms with E-state index in [9.17, 15) is 9.59 Å². The van der Waals surface area contributed by atoms with Crippen molar-refractivity contribution in [2.45, 2.75) is 19.4 Å². The average molecular weight is 185 g/mol. The first-order valence-electron chi connectivity index (χ1n) is 4.39. The molecule has 1 aliphatic rings. The van der Waals surface area contributed by atoms with Crippen molar-refractivity contribution in [2.75, 3.05) is 13.1 Å². The molecule has 0 aromatic rings. The summed E-state index contributed by atoms with van der Waals surface area (Å²) in [4.78, 5) is 21.5. The van der Waals surface area contributed by atoms with E-state index in [2.05, 4.69) is 10.6 Å². The maximum atomic E-state index is 10.8. The van der Waals surface area contributed by atoms with Gasteiger partial charge in [0.2, 0.25) is 11.8 Å². The fourth-order valence-electron chi connectivity index (χ4n) is 1.19. The van der Waals surface area contributed by atoms with Gasteiger partial charge in [-0.2, -0.15) is 0 Å². The average Bonchev–Trinajstić information content (AvgIpc) is 2.47. The number of hydrogen-bond acceptors (Lipinski definition) is 3. The van der Waals surface area contributed by atoms with Gasteiger partial charge < -0.3 is 16.4 Å². The second-order valence-electron chi connectivity index (χ2n) is 3.42. The molecule has 4 N–H and O–H groups in total. The Morgan fingerprint density at radius 1 is 1.85 bits per heavy atom. The van der Waals surface area contributed by atoms with Gasteiger partial charge >= 0.3 is 0 Å². The van der Waals surface area contributed by atoms with Crippen LogP contribution in [0.3, 0.4) is 0 Å². The number of nitrogens with one attached hydrogen (secondary N) is 2. The molecule has 0 saturated carbocycles. The third-order valence-electron chi connectivity index (χ3n) is 2.18. The fourth-order valence-corrected chi connectivity index (χ4v) is 1.19. The zero-order valence-corrected chi connectivity index (χ0v) is 7.67. The molecule has 13 heavy (non-hydrogen) atoms. The van der Waals surface area contributed by atoms with Crippen molar-refractivity contribution in [1.29, 1.82) is 0 Å². The summed E-state index contributed by atoms with van der Waals surface area (Å²) < 4.78 is 0. The van der Waals surface area contributed by atoms with Gasteiger partial charge in [0.1, 0.15) is 0 Å². The topological polar surface area (TPSA) is 84.2 Å². The summed E-state index contributed by atoms with van der Waals surface area (Å²) in [5.41, 5.74) is 5.09. The molecule has 0 bridgehead atoms. The molecule has 0 spiro atoms. The lowest BCUT2D eigenvalue weighted by Gasteiger charge is -2.12. The van der Waals surface area contributed by atoms with Crippen LogP contribution in [0.4, 0.5) is 0 Å². The van der Waals surface area contributed by atoms with Crippen LogP contribution in [0.1, 0.15) is 13.3 Å². The van der Waals surface area contributed by atoms with Gasteiger partial charge in [-0.1, -0.05) is 6.92 Å². The highest BCUT2D eigenvalue weighted by atomic mass is 16.2. The molecular weight excluding hydrogens is 170 g/mol. The first-order chi connectivity index (χ1) is 6.09. The van der Waals surface area contributed by atoms with Crippen molar-refractivity contribution in [1.82, 2.24) is 10.6 Å². The molecule has 5 heteroatoms. The Kier molecular flexibility index (Phi) is 3.25. The van der Waals surface area contributed by atoms with Gasteiger partial charge in [0.15, 0.2) is 0 Å². The van der Waals surface area contributed by atoms with Crippen molar-refractivity contribution in [3.63, 3.8) is 0 Å². The number of nitrogens with two attached hydrogens (primary N) is 1. The molecule has 0 aromatic heterocycles. The largest absolute Gasteiger partial charge is 0.369 e. The second kappa shape index (κ2) is 4.23. The number of carbonyl (C=O) groups excluding carboxylic acids is 2. The SMILES string of the molecule is CC(CNC1CNC(=O)C1)C(N)=O. The molecule has 2 atom stereocenters. The van der Waals surface area contributed by atoms with Crippen molar-refractivity contribution < 1.29 is 9.59 Å². The molecule has 2 unspecified atom stereocenters. The van der Waals surface area contributed by atoms with Crippen LogP contribution < -0.4 is 16.4 Å². The summed E-state index contributed by atoms with van der Waals surface area (Å²) in [6.45, 7) is 2.94. The van der Waals surface area contributed by atoms with Crippen LogP contribution in [-0.2, 0) is 9.59 Å². The quantitative estimate of drug-likeness (QED) is 0.503. The molecule has 1 saturated heterocycles. The molecule has 1 heterocycles. The van der Waals surface area contributed by atoms with Crippen molar-refractivity contribution in [3.05, 3.63) is 0 Å². The third kappa shape index (κ3) is 3.02. The van der Waals surface area contributed by atoms with Gasteiger partial charge in [-0.3, -0.25) is 9.59 Å². The van der Waals surface area contributed by atoms with Gasteiger partial charge in [-0.15, -0.1) is 0 Å². The zero-order chi connectivity index (χ0) is 9.84. The summed E-state index contributed by atoms with van der Waals surface area (Å²) in [6.07, 6.45) is 0.492. The number of carbonyl (C=O) groups is 2. The van der Waals surface area contributed by atoms with E-state index in [1.54, 1.807) is 6.92 Å². The molecule has 1 fully saturated rings. The first kappa shape index (κ1) is 9.98. The predicted octanol–water partition coefficient (Wildman–Crippen LogP) is -1.41. The van der Waals surface area contributed by atoms with Crippen LogP contribution in [0.15, 0.2) is 0 Å². The molecule has 1 rings (SSSR count). The molecular formula is C8H15N3O2. The zero-order valence-electron chi connectivity index (χ0n) is 7.67. The lowest BCUT2D eigenvalue weighted by Crippen LogP contribution is -2.38. The lowest BCUT2D eigenvalue weighted by molar-refractivity contribution is -0.121. The van der Waals surface area contributed by atoms with E-state index < -0.39 is 0 Å². The highest BCUT2D eigenvalue weighted by molar-refractivity contribution is 5.79. The first-order valence-corrected chi connectivity index (χ1v) is 4.39. The number of primary amides is 1. The van der Waals surface area contributed by atoms with Crippen LogP contribution in [0.25, 0.3) is 0 Å². The molecule has 2 amide bonds. The summed E-state index contributed by atoms with van der Waals surface area (Å²) in [7, 11) is 0. The van der Waals surface area contributed by atoms with E-state index in [-0.39, 0.29) is 23.8 Å². The summed E-state index contributed by atoms with van der Waals surface area (Å²) >= 11 is 0. The van der Waals surface area contributed by atoms with Crippen LogP contribution in [0.5, 0.6) is 0 Å². The Morgan fingerprint density at radius 2 is 2.54 bits per heavy atom. The van der Waals surface area contributed by atoms with E-state index in [1.165, 1.54) is 0 Å². The molecule has 0 aromatic carbocycles. The van der Waals surface area contributed by atoms with Crippen LogP contribution >= 0.6 is 0 Å². The van der Waals surface area contributed by atoms with Crippen molar-refractivity contribution in [3.8, 4) is 0 Å². The van der Waals surface area contributed by atoms with Crippen LogP contribution in [-0.4, -0.2) is 30.9 Å². The molecule has 1 aliphatic heterocycles. The Morgan fingerprint density at radius 3 is 3.00 bits per heavy atom. The summed E-state index contributed by atoms with van der Waals surface area (Å²) in [5, 5.41) is 5.81. The minimum absolute atomic E-state index is 0.0595. The maximum Gasteiger partial charge on any atom is 0.221 e. The second-order valence-corrected chi connectivity index (χ2v) is 3.42. The Bertz CT molecular complexity index is 217. The van der Waals surface area contributed by atoms with E-state index in [4.69, 9.17) is 5.73 Å². The van der Waals surface area contributed by atoms with Crippen LogP contribution in [0, 0.1) is 5.92 Å². The number of rotatable bonds is 4. The van der Waals surface area contributed by atoms with Crippen LogP contribution in [0.2, 0.25) is 0 Å². The Labute approximate surface area is 77.1 Å². The van der Waals surface area contributed by atoms with Gasteiger partial charge in [-0.25, -0.2) is 0 Å². The standard InChI is InChI=1S/C8H15N3O2/c1-5(8(9)13)3-10-6-2-7(12)11-4-6/h5-6,10H,2-4H2,1H3,(H2,9,13)(H,11,12). The Balaban J connectivity index is 2.19. The fraction of sp³-hybridized carbons (Fsp3) is 0.750. The van der Waals surface area contributed by atoms with Gasteiger partial charge in [0, 0.05) is 31.5 Å². The van der Waals surface area contributed by atoms with E-state index in [0.29, 0.717) is 19.5 Å². The van der Waals surface area contributed by atoms with Crippen molar-refractivity contribution in [2.24, 2.45) is 11.7 Å². The summed E-state index contributed by atoms with van der Waals surface area (Å²) in [5.74, 6) is -0.440. The van der Waals surface area contributed by atoms with E-state index in [0.717, 1.165) is 0 Å². The van der Waals surface area contributed by atoms with Gasteiger partial charge in [0.25, 0.3) is 0 Å². The third-order valence-corrected chi connectivity index (χ3v) is 2.18. The summed E-state index contributed by atoms with van der Waals surface area (Å²) in [6, 6.07) is 0.147. The molecule has 74 valence electrons. The molecule has 0 radical (unpaired) electrons. The van der Waals surface area contributed by atoms with Crippen molar-refractivity contribution >= 4 is 11.8 Å². The minimum Gasteiger partial charge on any atom is -0.369 e. The number of hydrogen-bond donors (Lipinski definition) is 3. The highest BCUT2D eigenvalue weighted by Gasteiger charge is 2.21. The van der Waals surface area contributed by atoms with E-state index >= 15 is 0 Å². The Hall–Kier alpha value is -1.10. The molecule has 0 aliphatic carbocycles. The predicted molar refractivity (Wildman–Crippen MR) is 47.8 cm³/mol. The maximum absolute atomic E-state index is 10.8. The highest BCUT2D eigenvalue weighted by Crippen LogP contribution is 2.00. The smallest absolute Gasteiger partial charge is 0.221 e. The minimum atomic E-state index is -0.315. The van der Waals surface area contributed by atoms with Gasteiger partial charge in [-0.05, 0) is 0 Å².